The van der Waals surface area contributed by atoms with Gasteiger partial charge in [-0.1, -0.05) is 26.0 Å². The number of ether oxygens (including phenoxy) is 1. The predicted molar refractivity (Wildman–Crippen MR) is 106 cm³/mol. The van der Waals surface area contributed by atoms with Crippen LogP contribution in [0.1, 0.15) is 13.8 Å². The summed E-state index contributed by atoms with van der Waals surface area (Å²) in [5.41, 5.74) is 1.66. The lowest BCUT2D eigenvalue weighted by Crippen LogP contribution is -2.50. The van der Waals surface area contributed by atoms with Crippen molar-refractivity contribution >= 4 is 17.4 Å². The molecule has 1 aliphatic rings. The third-order valence-corrected chi connectivity index (χ3v) is 4.46. The molecule has 0 unspecified atom stereocenters. The monoisotopic (exact) mass is 371 g/mol. The average Bonchev–Trinajstić information content (AvgIpc) is 2.68. The Bertz CT molecular complexity index is 756. The molecule has 0 radical (unpaired) electrons. The Morgan fingerprint density at radius 1 is 1.07 bits per heavy atom. The van der Waals surface area contributed by atoms with E-state index in [9.17, 15) is 9.18 Å². The first-order chi connectivity index (χ1) is 13.0. The van der Waals surface area contributed by atoms with Gasteiger partial charge in [0.1, 0.15) is 11.6 Å². The second-order valence-electron chi connectivity index (χ2n) is 7.08. The number of carbonyl (C=O) groups is 1. The molecule has 144 valence electrons. The second-order valence-corrected chi connectivity index (χ2v) is 7.08. The van der Waals surface area contributed by atoms with Crippen molar-refractivity contribution in [3.63, 3.8) is 0 Å². The van der Waals surface area contributed by atoms with Crippen molar-refractivity contribution in [3.8, 4) is 5.75 Å². The average molecular weight is 371 g/mol. The lowest BCUT2D eigenvalue weighted by Gasteiger charge is -2.36. The molecule has 1 aliphatic heterocycles. The smallest absolute Gasteiger partial charge is 0.322 e. The Morgan fingerprint density at radius 2 is 1.74 bits per heavy atom. The van der Waals surface area contributed by atoms with Gasteiger partial charge in [-0.05, 0) is 42.3 Å². The van der Waals surface area contributed by atoms with Crippen LogP contribution in [0.4, 0.5) is 20.6 Å². The highest BCUT2D eigenvalue weighted by molar-refractivity contribution is 5.91. The van der Waals surface area contributed by atoms with E-state index in [1.807, 2.05) is 24.3 Å². The maximum atomic E-state index is 13.1. The number of amides is 2. The number of anilines is 2. The minimum atomic E-state index is -0.241. The topological polar surface area (TPSA) is 44.8 Å². The van der Waals surface area contributed by atoms with Crippen LogP contribution in [0.3, 0.4) is 0 Å². The number of urea groups is 1. The number of hydrogen-bond donors (Lipinski definition) is 1. The second kappa shape index (κ2) is 8.75. The summed E-state index contributed by atoms with van der Waals surface area (Å²) in [5.74, 6) is 0.855. The maximum Gasteiger partial charge on any atom is 0.322 e. The van der Waals surface area contributed by atoms with Crippen LogP contribution in [0, 0.1) is 11.7 Å². The van der Waals surface area contributed by atoms with Crippen molar-refractivity contribution < 1.29 is 13.9 Å². The molecule has 6 heteroatoms. The molecular weight excluding hydrogens is 345 g/mol. The van der Waals surface area contributed by atoms with E-state index < -0.39 is 0 Å². The van der Waals surface area contributed by atoms with Gasteiger partial charge >= 0.3 is 6.03 Å². The van der Waals surface area contributed by atoms with Crippen LogP contribution in [-0.4, -0.2) is 43.7 Å². The fraction of sp³-hybridized carbons (Fsp3) is 0.381. The SMILES string of the molecule is CC(C)COc1ccccc1NC(=O)N1CCN(c2ccc(F)cc2)CC1. The fourth-order valence-corrected chi connectivity index (χ4v) is 2.97. The summed E-state index contributed by atoms with van der Waals surface area (Å²) in [6.07, 6.45) is 0. The fourth-order valence-electron chi connectivity index (χ4n) is 2.97. The number of rotatable bonds is 5. The van der Waals surface area contributed by atoms with Crippen LogP contribution >= 0.6 is 0 Å². The van der Waals surface area contributed by atoms with E-state index >= 15 is 0 Å². The van der Waals surface area contributed by atoms with E-state index in [-0.39, 0.29) is 11.8 Å². The maximum absolute atomic E-state index is 13.1. The van der Waals surface area contributed by atoms with E-state index in [0.717, 1.165) is 5.69 Å². The molecule has 5 nitrogen and oxygen atoms in total. The van der Waals surface area contributed by atoms with Gasteiger partial charge in [0.05, 0.1) is 12.3 Å². The summed E-state index contributed by atoms with van der Waals surface area (Å²) < 4.78 is 18.9. The van der Waals surface area contributed by atoms with Crippen molar-refractivity contribution in [1.29, 1.82) is 0 Å². The third-order valence-electron chi connectivity index (χ3n) is 4.46. The molecule has 1 fully saturated rings. The minimum Gasteiger partial charge on any atom is -0.491 e. The lowest BCUT2D eigenvalue weighted by molar-refractivity contribution is 0.208. The molecule has 3 rings (SSSR count). The highest BCUT2D eigenvalue weighted by Crippen LogP contribution is 2.25. The van der Waals surface area contributed by atoms with Gasteiger partial charge in [-0.25, -0.2) is 9.18 Å². The van der Waals surface area contributed by atoms with Crippen LogP contribution in [0.15, 0.2) is 48.5 Å². The normalized spacial score (nSPS) is 14.4. The number of piperazine rings is 1. The molecule has 1 heterocycles. The summed E-state index contributed by atoms with van der Waals surface area (Å²) in [6.45, 7) is 7.42. The standard InChI is InChI=1S/C21H26FN3O2/c1-16(2)15-27-20-6-4-3-5-19(20)23-21(26)25-13-11-24(12-14-25)18-9-7-17(22)8-10-18/h3-10,16H,11-15H2,1-2H3,(H,23,26). The summed E-state index contributed by atoms with van der Waals surface area (Å²) in [4.78, 5) is 16.6. The Morgan fingerprint density at radius 3 is 2.41 bits per heavy atom. The van der Waals surface area contributed by atoms with Crippen molar-refractivity contribution in [2.45, 2.75) is 13.8 Å². The summed E-state index contributed by atoms with van der Waals surface area (Å²) in [6, 6.07) is 13.8. The van der Waals surface area contributed by atoms with Crippen molar-refractivity contribution in [1.82, 2.24) is 4.90 Å². The molecule has 0 spiro atoms. The number of benzene rings is 2. The van der Waals surface area contributed by atoms with Gasteiger partial charge in [-0.2, -0.15) is 0 Å². The van der Waals surface area contributed by atoms with Crippen LogP contribution < -0.4 is 15.0 Å². The van der Waals surface area contributed by atoms with Gasteiger partial charge in [-0.3, -0.25) is 0 Å². The first kappa shape index (κ1) is 19.0. The van der Waals surface area contributed by atoms with Gasteiger partial charge in [0.25, 0.3) is 0 Å². The number of halogens is 1. The van der Waals surface area contributed by atoms with E-state index in [1.165, 1.54) is 12.1 Å². The predicted octanol–water partition coefficient (Wildman–Crippen LogP) is 4.21. The van der Waals surface area contributed by atoms with Crippen LogP contribution in [0.2, 0.25) is 0 Å². The molecule has 0 atom stereocenters. The Labute approximate surface area is 159 Å². The van der Waals surface area contributed by atoms with E-state index in [1.54, 1.807) is 17.0 Å². The van der Waals surface area contributed by atoms with Crippen LogP contribution in [-0.2, 0) is 0 Å². The summed E-state index contributed by atoms with van der Waals surface area (Å²) in [5, 5.41) is 2.96. The molecule has 0 saturated carbocycles. The molecule has 0 aliphatic carbocycles. The third kappa shape index (κ3) is 5.12. The molecule has 1 N–H and O–H groups in total. The number of nitrogens with one attached hydrogen (secondary N) is 1. The van der Waals surface area contributed by atoms with Gasteiger partial charge in [0.2, 0.25) is 0 Å². The van der Waals surface area contributed by atoms with E-state index in [2.05, 4.69) is 24.1 Å². The number of carbonyl (C=O) groups excluding carboxylic acids is 1. The van der Waals surface area contributed by atoms with Gasteiger partial charge in [-0.15, -0.1) is 0 Å². The Hall–Kier alpha value is -2.76. The van der Waals surface area contributed by atoms with E-state index in [4.69, 9.17) is 4.74 Å². The number of nitrogens with zero attached hydrogens (tertiary/aromatic N) is 2. The molecule has 0 aromatic heterocycles. The van der Waals surface area contributed by atoms with Gasteiger partial charge in [0, 0.05) is 31.9 Å². The highest BCUT2D eigenvalue weighted by Gasteiger charge is 2.22. The first-order valence-electron chi connectivity index (χ1n) is 9.31. The summed E-state index contributed by atoms with van der Waals surface area (Å²) in [7, 11) is 0. The zero-order chi connectivity index (χ0) is 19.2. The molecule has 27 heavy (non-hydrogen) atoms. The number of para-hydroxylation sites is 2. The lowest BCUT2D eigenvalue weighted by atomic mass is 10.2. The van der Waals surface area contributed by atoms with Crippen molar-refractivity contribution in [2.24, 2.45) is 5.92 Å². The molecule has 2 amide bonds. The van der Waals surface area contributed by atoms with Gasteiger partial charge < -0.3 is 19.9 Å². The van der Waals surface area contributed by atoms with Crippen molar-refractivity contribution in [2.75, 3.05) is 43.0 Å². The van der Waals surface area contributed by atoms with Gasteiger partial charge in [0.15, 0.2) is 0 Å². The van der Waals surface area contributed by atoms with E-state index in [0.29, 0.717) is 50.1 Å². The first-order valence-corrected chi connectivity index (χ1v) is 9.31. The highest BCUT2D eigenvalue weighted by atomic mass is 19.1. The molecular formula is C21H26FN3O2. The Kier molecular flexibility index (Phi) is 6.16. The molecule has 2 aromatic rings. The molecule has 0 bridgehead atoms. The van der Waals surface area contributed by atoms with Crippen molar-refractivity contribution in [3.05, 3.63) is 54.3 Å². The quantitative estimate of drug-likeness (QED) is 0.856. The minimum absolute atomic E-state index is 0.130. The largest absolute Gasteiger partial charge is 0.491 e. The van der Waals surface area contributed by atoms with Crippen LogP contribution in [0.5, 0.6) is 5.75 Å². The zero-order valence-electron chi connectivity index (χ0n) is 15.8. The number of hydrogen-bond acceptors (Lipinski definition) is 3. The Balaban J connectivity index is 1.56. The molecule has 1 saturated heterocycles. The van der Waals surface area contributed by atoms with Crippen LogP contribution in [0.25, 0.3) is 0 Å². The zero-order valence-corrected chi connectivity index (χ0v) is 15.8. The summed E-state index contributed by atoms with van der Waals surface area (Å²) >= 11 is 0. The molecule has 2 aromatic carbocycles.